The van der Waals surface area contributed by atoms with Crippen LogP contribution in [0.15, 0.2) is 35.5 Å². The van der Waals surface area contributed by atoms with E-state index in [-0.39, 0.29) is 17.4 Å². The van der Waals surface area contributed by atoms with E-state index in [1.54, 1.807) is 12.1 Å². The van der Waals surface area contributed by atoms with Gasteiger partial charge < -0.3 is 23.9 Å². The summed E-state index contributed by atoms with van der Waals surface area (Å²) in [6.07, 6.45) is 4.57. The molecule has 1 spiro atoms. The number of ether oxygens (including phenoxy) is 3. The third-order valence-electron chi connectivity index (χ3n) is 9.32. The molecule has 1 saturated carbocycles. The third-order valence-corrected chi connectivity index (χ3v) is 9.32. The smallest absolute Gasteiger partial charge is 0.311 e. The highest BCUT2D eigenvalue weighted by atomic mass is 19.1. The average molecular weight is 594 g/mol. The predicted octanol–water partition coefficient (Wildman–Crippen LogP) is 6.12. The van der Waals surface area contributed by atoms with E-state index < -0.39 is 5.41 Å². The fraction of sp³-hybridized carbons (Fsp3) is 0.588. The molecule has 0 aromatic heterocycles. The van der Waals surface area contributed by atoms with E-state index in [1.807, 2.05) is 27.7 Å². The van der Waals surface area contributed by atoms with Gasteiger partial charge in [-0.05, 0) is 88.6 Å². The second kappa shape index (κ2) is 12.0. The summed E-state index contributed by atoms with van der Waals surface area (Å²) in [6, 6.07) is 8.77. The minimum Gasteiger partial charge on any atom is -0.493 e. The van der Waals surface area contributed by atoms with Gasteiger partial charge in [0.15, 0.2) is 5.60 Å². The number of halogens is 1. The summed E-state index contributed by atoms with van der Waals surface area (Å²) < 4.78 is 31.7. The number of nitrogens with zero attached hydrogens (tertiary/aromatic N) is 3. The third kappa shape index (κ3) is 5.93. The quantitative estimate of drug-likeness (QED) is 0.307. The Labute approximate surface area is 254 Å². The first-order chi connectivity index (χ1) is 20.8. The molecule has 4 aliphatic rings. The van der Waals surface area contributed by atoms with Crippen molar-refractivity contribution in [2.24, 2.45) is 10.6 Å². The highest BCUT2D eigenvalue weighted by Gasteiger charge is 2.51. The lowest BCUT2D eigenvalue weighted by Gasteiger charge is -2.46. The fourth-order valence-corrected chi connectivity index (χ4v) is 6.83. The molecule has 2 aromatic rings. The number of likely N-dealkylation sites (tertiary alicyclic amines) is 2. The molecular formula is C34H44FN3O5. The number of hydrogen-bond acceptors (Lipinski definition) is 8. The van der Waals surface area contributed by atoms with Crippen LogP contribution in [0, 0.1) is 11.2 Å². The lowest BCUT2D eigenvalue weighted by molar-refractivity contribution is -0.156. The summed E-state index contributed by atoms with van der Waals surface area (Å²) in [6.45, 7) is 13.3. The molecule has 0 amide bonds. The highest BCUT2D eigenvalue weighted by molar-refractivity contribution is 5.85. The van der Waals surface area contributed by atoms with Gasteiger partial charge in [0, 0.05) is 38.3 Å². The zero-order chi connectivity index (χ0) is 30.2. The lowest BCUT2D eigenvalue weighted by Crippen LogP contribution is -2.61. The van der Waals surface area contributed by atoms with Gasteiger partial charge in [0.05, 0.1) is 37.2 Å². The molecule has 3 aliphatic heterocycles. The molecule has 1 aliphatic carbocycles. The number of carbonyl (C=O) groups excluding carboxylic acids is 1. The Kier molecular flexibility index (Phi) is 8.28. The van der Waals surface area contributed by atoms with Crippen molar-refractivity contribution in [3.63, 3.8) is 0 Å². The molecule has 0 atom stereocenters. The van der Waals surface area contributed by atoms with Crippen LogP contribution >= 0.6 is 0 Å². The normalized spacial score (nSPS) is 20.8. The van der Waals surface area contributed by atoms with Crippen molar-refractivity contribution < 1.29 is 28.2 Å². The molecule has 0 radical (unpaired) electrons. The molecule has 0 N–H and O–H groups in total. The maximum Gasteiger partial charge on any atom is 0.311 e. The summed E-state index contributed by atoms with van der Waals surface area (Å²) in [5, 5.41) is 4.52. The Morgan fingerprint density at radius 3 is 2.37 bits per heavy atom. The second-order valence-corrected chi connectivity index (χ2v) is 12.7. The molecule has 43 heavy (non-hydrogen) atoms. The molecule has 8 nitrogen and oxygen atoms in total. The number of rotatable bonds is 10. The number of benzene rings is 2. The largest absolute Gasteiger partial charge is 0.493 e. The van der Waals surface area contributed by atoms with Crippen LogP contribution in [-0.4, -0.2) is 73.2 Å². The summed E-state index contributed by atoms with van der Waals surface area (Å²) in [7, 11) is 0. The molecule has 9 heteroatoms. The Morgan fingerprint density at radius 2 is 1.74 bits per heavy atom. The molecule has 0 bridgehead atoms. The molecule has 2 aromatic carbocycles. The number of piperidine rings is 1. The summed E-state index contributed by atoms with van der Waals surface area (Å²) >= 11 is 0. The Hall–Kier alpha value is -3.33. The predicted molar refractivity (Wildman–Crippen MR) is 163 cm³/mol. The lowest BCUT2D eigenvalue weighted by atomic mass is 9.80. The summed E-state index contributed by atoms with van der Waals surface area (Å²) in [4.78, 5) is 23.2. The van der Waals surface area contributed by atoms with Gasteiger partial charge >= 0.3 is 5.97 Å². The van der Waals surface area contributed by atoms with E-state index in [9.17, 15) is 9.18 Å². The van der Waals surface area contributed by atoms with Gasteiger partial charge in [0.25, 0.3) is 0 Å². The van der Waals surface area contributed by atoms with E-state index in [1.165, 1.54) is 23.3 Å². The monoisotopic (exact) mass is 593 g/mol. The SMILES string of the molecule is CCOC(=O)C1(C)CCN(C2=NOC3(C2)CN(Cc2cc(OCC)c(-c4ccc(F)cc4)c(OCC)c2C2CC2)C3)CC1. The Morgan fingerprint density at radius 1 is 1.05 bits per heavy atom. The first kappa shape index (κ1) is 29.7. The van der Waals surface area contributed by atoms with Gasteiger partial charge in [-0.3, -0.25) is 9.69 Å². The number of hydrogen-bond donors (Lipinski definition) is 0. The van der Waals surface area contributed by atoms with Gasteiger partial charge in [-0.15, -0.1) is 0 Å². The number of oxime groups is 1. The van der Waals surface area contributed by atoms with Crippen molar-refractivity contribution in [2.45, 2.75) is 77.9 Å². The van der Waals surface area contributed by atoms with Crippen LogP contribution < -0.4 is 9.47 Å². The van der Waals surface area contributed by atoms with Gasteiger partial charge in [-0.2, -0.15) is 0 Å². The van der Waals surface area contributed by atoms with Crippen LogP contribution in [0.3, 0.4) is 0 Å². The van der Waals surface area contributed by atoms with Crippen LogP contribution in [0.1, 0.15) is 76.8 Å². The summed E-state index contributed by atoms with van der Waals surface area (Å²) in [5.74, 6) is 2.73. The zero-order valence-corrected chi connectivity index (χ0v) is 25.9. The van der Waals surface area contributed by atoms with Gasteiger partial charge in [-0.25, -0.2) is 4.39 Å². The summed E-state index contributed by atoms with van der Waals surface area (Å²) in [5.41, 5.74) is 3.57. The van der Waals surface area contributed by atoms with Crippen molar-refractivity contribution in [2.75, 3.05) is 46.0 Å². The topological polar surface area (TPSA) is 72.8 Å². The van der Waals surface area contributed by atoms with Crippen LogP contribution in [0.2, 0.25) is 0 Å². The molecular weight excluding hydrogens is 549 g/mol. The maximum atomic E-state index is 13.8. The van der Waals surface area contributed by atoms with Crippen molar-refractivity contribution in [1.82, 2.24) is 9.80 Å². The number of esters is 1. The number of carbonyl (C=O) groups is 1. The van der Waals surface area contributed by atoms with Gasteiger partial charge in [0.2, 0.25) is 0 Å². The number of amidine groups is 1. The van der Waals surface area contributed by atoms with E-state index in [0.29, 0.717) is 25.7 Å². The van der Waals surface area contributed by atoms with E-state index in [2.05, 4.69) is 21.0 Å². The van der Waals surface area contributed by atoms with Crippen molar-refractivity contribution in [1.29, 1.82) is 0 Å². The van der Waals surface area contributed by atoms with Crippen LogP contribution in [-0.2, 0) is 20.9 Å². The van der Waals surface area contributed by atoms with Crippen molar-refractivity contribution in [3.8, 4) is 22.6 Å². The fourth-order valence-electron chi connectivity index (χ4n) is 6.83. The minimum atomic E-state index is -0.427. The van der Waals surface area contributed by atoms with Crippen molar-refractivity contribution in [3.05, 3.63) is 47.3 Å². The molecule has 2 saturated heterocycles. The maximum absolute atomic E-state index is 13.8. The van der Waals surface area contributed by atoms with Crippen molar-refractivity contribution >= 4 is 11.8 Å². The standard InChI is InChI=1S/C34H44FN3O5/c1-5-40-27-18-25(29(23-8-9-23)31(41-6-2)30(27)24-10-12-26(35)13-11-24)20-37-21-34(22-37)19-28(36-43-34)38-16-14-33(4,15-17-38)32(39)42-7-3/h10-13,18,23H,5-9,14-17,19-22H2,1-4H3. The minimum absolute atomic E-state index is 0.0957. The first-order valence-corrected chi connectivity index (χ1v) is 15.9. The van der Waals surface area contributed by atoms with Crippen LogP contribution in [0.5, 0.6) is 11.5 Å². The van der Waals surface area contributed by atoms with Gasteiger partial charge in [0.1, 0.15) is 23.2 Å². The Balaban J connectivity index is 1.16. The molecule has 0 unspecified atom stereocenters. The van der Waals surface area contributed by atoms with Crippen LogP contribution in [0.25, 0.3) is 11.1 Å². The second-order valence-electron chi connectivity index (χ2n) is 12.7. The van der Waals surface area contributed by atoms with E-state index in [4.69, 9.17) is 19.0 Å². The van der Waals surface area contributed by atoms with Gasteiger partial charge in [-0.1, -0.05) is 17.3 Å². The first-order valence-electron chi connectivity index (χ1n) is 15.9. The average Bonchev–Trinajstić information content (AvgIpc) is 3.72. The molecule has 3 fully saturated rings. The van der Waals surface area contributed by atoms with E-state index >= 15 is 0 Å². The van der Waals surface area contributed by atoms with E-state index in [0.717, 1.165) is 93.3 Å². The zero-order valence-electron chi connectivity index (χ0n) is 25.9. The molecule has 3 heterocycles. The highest BCUT2D eigenvalue weighted by Crippen LogP contribution is 2.53. The Bertz CT molecular complexity index is 1360. The van der Waals surface area contributed by atoms with Crippen LogP contribution in [0.4, 0.5) is 4.39 Å². The molecule has 232 valence electrons. The molecule has 6 rings (SSSR count).